The molecule has 1 N–H and O–H groups in total. The van der Waals surface area contributed by atoms with E-state index in [9.17, 15) is 18.0 Å². The van der Waals surface area contributed by atoms with Crippen LogP contribution in [0.3, 0.4) is 0 Å². The van der Waals surface area contributed by atoms with Gasteiger partial charge in [-0.05, 0) is 42.3 Å². The van der Waals surface area contributed by atoms with E-state index in [0.717, 1.165) is 24.2 Å². The standard InChI is InChI=1S/C24H24F3N5O2/c1-2-17-4-3-5-20(14-17)34-22-9-7-19(16-29-22)30-23(33)32-12-10-31(11-13-32)21-8-6-18(15-28-21)24(25,26)27/h3-9,14-16H,2,10-13H2,1H3,(H,30,33). The number of nitrogens with one attached hydrogen (secondary N) is 1. The summed E-state index contributed by atoms with van der Waals surface area (Å²) in [6, 6.07) is 13.3. The van der Waals surface area contributed by atoms with E-state index >= 15 is 0 Å². The number of aryl methyl sites for hydroxylation is 1. The number of nitrogens with zero attached hydrogens (tertiary/aromatic N) is 4. The van der Waals surface area contributed by atoms with E-state index in [0.29, 0.717) is 49.3 Å². The molecule has 10 heteroatoms. The van der Waals surface area contributed by atoms with Gasteiger partial charge in [0.15, 0.2) is 0 Å². The number of halogens is 3. The van der Waals surface area contributed by atoms with E-state index in [1.807, 2.05) is 29.2 Å². The third kappa shape index (κ3) is 5.75. The Morgan fingerprint density at radius 1 is 1.03 bits per heavy atom. The quantitative estimate of drug-likeness (QED) is 0.554. The lowest BCUT2D eigenvalue weighted by atomic mass is 10.2. The summed E-state index contributed by atoms with van der Waals surface area (Å²) in [6.45, 7) is 3.83. The zero-order valence-electron chi connectivity index (χ0n) is 18.5. The minimum Gasteiger partial charge on any atom is -0.439 e. The summed E-state index contributed by atoms with van der Waals surface area (Å²) in [4.78, 5) is 24.3. The molecular formula is C24H24F3N5O2. The molecule has 178 valence electrons. The molecule has 1 fully saturated rings. The Balaban J connectivity index is 1.28. The molecule has 7 nitrogen and oxygen atoms in total. The summed E-state index contributed by atoms with van der Waals surface area (Å²) in [6.07, 6.45) is -1.15. The number of hydrogen-bond donors (Lipinski definition) is 1. The van der Waals surface area contributed by atoms with Gasteiger partial charge in [-0.2, -0.15) is 13.2 Å². The Morgan fingerprint density at radius 3 is 2.44 bits per heavy atom. The zero-order valence-corrected chi connectivity index (χ0v) is 18.5. The molecule has 0 bridgehead atoms. The molecule has 2 amide bonds. The van der Waals surface area contributed by atoms with Crippen molar-refractivity contribution in [2.45, 2.75) is 19.5 Å². The van der Waals surface area contributed by atoms with Gasteiger partial charge in [0.2, 0.25) is 5.88 Å². The third-order valence-corrected chi connectivity index (χ3v) is 5.48. The van der Waals surface area contributed by atoms with Crippen LogP contribution in [0.1, 0.15) is 18.1 Å². The van der Waals surface area contributed by atoms with E-state index in [1.54, 1.807) is 17.0 Å². The molecule has 4 rings (SSSR count). The van der Waals surface area contributed by atoms with Crippen molar-refractivity contribution in [3.63, 3.8) is 0 Å². The maximum absolute atomic E-state index is 12.7. The normalized spacial score (nSPS) is 14.1. The predicted octanol–water partition coefficient (Wildman–Crippen LogP) is 5.20. The molecule has 2 aromatic heterocycles. The summed E-state index contributed by atoms with van der Waals surface area (Å²) in [5.41, 5.74) is 0.913. The molecule has 1 saturated heterocycles. The fourth-order valence-electron chi connectivity index (χ4n) is 3.55. The highest BCUT2D eigenvalue weighted by atomic mass is 19.4. The monoisotopic (exact) mass is 471 g/mol. The van der Waals surface area contributed by atoms with E-state index in [2.05, 4.69) is 22.2 Å². The molecule has 0 unspecified atom stereocenters. The van der Waals surface area contributed by atoms with Crippen molar-refractivity contribution < 1.29 is 22.7 Å². The average molecular weight is 471 g/mol. The van der Waals surface area contributed by atoms with Gasteiger partial charge in [-0.3, -0.25) is 0 Å². The van der Waals surface area contributed by atoms with E-state index in [1.165, 1.54) is 12.3 Å². The number of carbonyl (C=O) groups excluding carboxylic acids is 1. The molecule has 3 heterocycles. The fourth-order valence-corrected chi connectivity index (χ4v) is 3.55. The number of piperazine rings is 1. The summed E-state index contributed by atoms with van der Waals surface area (Å²) < 4.78 is 43.9. The van der Waals surface area contributed by atoms with Crippen molar-refractivity contribution in [3.05, 3.63) is 72.1 Å². The van der Waals surface area contributed by atoms with Crippen LogP contribution in [0.5, 0.6) is 11.6 Å². The van der Waals surface area contributed by atoms with Crippen molar-refractivity contribution in [1.29, 1.82) is 0 Å². The minimum atomic E-state index is -4.42. The first-order chi connectivity index (χ1) is 16.3. The van der Waals surface area contributed by atoms with Gasteiger partial charge >= 0.3 is 12.2 Å². The summed E-state index contributed by atoms with van der Waals surface area (Å²) in [5.74, 6) is 1.57. The number of rotatable bonds is 5. The summed E-state index contributed by atoms with van der Waals surface area (Å²) in [7, 11) is 0. The smallest absolute Gasteiger partial charge is 0.417 e. The van der Waals surface area contributed by atoms with Gasteiger partial charge in [0, 0.05) is 38.4 Å². The first-order valence-electron chi connectivity index (χ1n) is 10.9. The Bertz CT molecular complexity index is 1110. The van der Waals surface area contributed by atoms with Crippen LogP contribution in [0.2, 0.25) is 0 Å². The highest BCUT2D eigenvalue weighted by Gasteiger charge is 2.31. The van der Waals surface area contributed by atoms with Gasteiger partial charge in [-0.15, -0.1) is 0 Å². The topological polar surface area (TPSA) is 70.6 Å². The molecule has 0 saturated carbocycles. The summed E-state index contributed by atoms with van der Waals surface area (Å²) >= 11 is 0. The largest absolute Gasteiger partial charge is 0.439 e. The van der Waals surface area contributed by atoms with Crippen LogP contribution < -0.4 is 15.0 Å². The molecular weight excluding hydrogens is 447 g/mol. The molecule has 0 spiro atoms. The average Bonchev–Trinajstić information content (AvgIpc) is 2.85. The zero-order chi connectivity index (χ0) is 24.1. The van der Waals surface area contributed by atoms with Crippen LogP contribution in [0.15, 0.2) is 60.9 Å². The van der Waals surface area contributed by atoms with Gasteiger partial charge in [0.05, 0.1) is 17.4 Å². The number of ether oxygens (including phenoxy) is 1. The van der Waals surface area contributed by atoms with E-state index in [-0.39, 0.29) is 6.03 Å². The highest BCUT2D eigenvalue weighted by Crippen LogP contribution is 2.29. The number of hydrogen-bond acceptors (Lipinski definition) is 5. The molecule has 3 aromatic rings. The molecule has 0 atom stereocenters. The lowest BCUT2D eigenvalue weighted by Crippen LogP contribution is -2.50. The Kier molecular flexibility index (Phi) is 6.85. The second kappa shape index (κ2) is 9.98. The number of anilines is 2. The molecule has 0 aliphatic carbocycles. The molecule has 1 aliphatic rings. The first kappa shape index (κ1) is 23.3. The lowest BCUT2D eigenvalue weighted by Gasteiger charge is -2.35. The van der Waals surface area contributed by atoms with E-state index < -0.39 is 11.7 Å². The maximum Gasteiger partial charge on any atom is 0.417 e. The van der Waals surface area contributed by atoms with Crippen molar-refractivity contribution in [2.75, 3.05) is 36.4 Å². The van der Waals surface area contributed by atoms with E-state index in [4.69, 9.17) is 4.74 Å². The van der Waals surface area contributed by atoms with Gasteiger partial charge < -0.3 is 19.9 Å². The highest BCUT2D eigenvalue weighted by molar-refractivity contribution is 5.89. The van der Waals surface area contributed by atoms with Crippen LogP contribution in [-0.4, -0.2) is 47.1 Å². The van der Waals surface area contributed by atoms with Crippen LogP contribution in [0, 0.1) is 0 Å². The van der Waals surface area contributed by atoms with Crippen molar-refractivity contribution in [2.24, 2.45) is 0 Å². The molecule has 0 radical (unpaired) electrons. The number of benzene rings is 1. The van der Waals surface area contributed by atoms with Crippen LogP contribution in [-0.2, 0) is 12.6 Å². The van der Waals surface area contributed by atoms with Crippen molar-refractivity contribution >= 4 is 17.5 Å². The fraction of sp³-hybridized carbons (Fsp3) is 0.292. The second-order valence-electron chi connectivity index (χ2n) is 7.80. The van der Waals surface area contributed by atoms with Crippen LogP contribution >= 0.6 is 0 Å². The van der Waals surface area contributed by atoms with Gasteiger partial charge in [-0.1, -0.05) is 19.1 Å². The third-order valence-electron chi connectivity index (χ3n) is 5.48. The summed E-state index contributed by atoms with van der Waals surface area (Å²) in [5, 5.41) is 2.81. The van der Waals surface area contributed by atoms with Gasteiger partial charge in [0.1, 0.15) is 11.6 Å². The van der Waals surface area contributed by atoms with Gasteiger partial charge in [-0.25, -0.2) is 14.8 Å². The van der Waals surface area contributed by atoms with Crippen molar-refractivity contribution in [3.8, 4) is 11.6 Å². The Labute approximate surface area is 195 Å². The van der Waals surface area contributed by atoms with Gasteiger partial charge in [0.25, 0.3) is 0 Å². The molecule has 1 aliphatic heterocycles. The SMILES string of the molecule is CCc1cccc(Oc2ccc(NC(=O)N3CCN(c4ccc(C(F)(F)F)cn4)CC3)cn2)c1. The number of amides is 2. The first-order valence-corrected chi connectivity index (χ1v) is 10.9. The Morgan fingerprint density at radius 2 is 1.82 bits per heavy atom. The number of aromatic nitrogens is 2. The number of urea groups is 1. The minimum absolute atomic E-state index is 0.272. The number of pyridine rings is 2. The molecule has 1 aromatic carbocycles. The van der Waals surface area contributed by atoms with Crippen molar-refractivity contribution in [1.82, 2.24) is 14.9 Å². The predicted molar refractivity (Wildman–Crippen MR) is 122 cm³/mol. The van der Waals surface area contributed by atoms with Crippen LogP contribution in [0.4, 0.5) is 29.5 Å². The second-order valence-corrected chi connectivity index (χ2v) is 7.80. The molecule has 34 heavy (non-hydrogen) atoms. The number of alkyl halides is 3. The lowest BCUT2D eigenvalue weighted by molar-refractivity contribution is -0.137. The Hall–Kier alpha value is -3.82. The van der Waals surface area contributed by atoms with Crippen LogP contribution in [0.25, 0.3) is 0 Å². The maximum atomic E-state index is 12.7. The number of carbonyl (C=O) groups is 1.